The zero-order valence-electron chi connectivity index (χ0n) is 23.1. The van der Waals surface area contributed by atoms with Crippen LogP contribution in [0.2, 0.25) is 0 Å². The number of aromatic nitrogens is 5. The highest BCUT2D eigenvalue weighted by molar-refractivity contribution is 7.15. The molecule has 202 valence electrons. The third-order valence-electron chi connectivity index (χ3n) is 7.41. The molecule has 40 heavy (non-hydrogen) atoms. The van der Waals surface area contributed by atoms with Gasteiger partial charge in [0.15, 0.2) is 5.65 Å². The molecule has 9 heteroatoms. The number of aryl methyl sites for hydroxylation is 2. The fraction of sp³-hybridized carbons (Fsp3) is 0.226. The van der Waals surface area contributed by atoms with Gasteiger partial charge in [-0.25, -0.2) is 14.6 Å². The molecule has 1 atom stereocenters. The van der Waals surface area contributed by atoms with E-state index in [1.54, 1.807) is 29.2 Å². The van der Waals surface area contributed by atoms with Crippen LogP contribution >= 0.6 is 11.3 Å². The summed E-state index contributed by atoms with van der Waals surface area (Å²) in [6.45, 7) is 6.10. The van der Waals surface area contributed by atoms with E-state index in [-0.39, 0.29) is 11.6 Å². The first-order chi connectivity index (χ1) is 19.5. The molecule has 0 bridgehead atoms. The average Bonchev–Trinajstić information content (AvgIpc) is 3.55. The molecule has 0 saturated heterocycles. The van der Waals surface area contributed by atoms with Crippen LogP contribution in [-0.4, -0.2) is 38.3 Å². The summed E-state index contributed by atoms with van der Waals surface area (Å²) in [7, 11) is 3.52. The zero-order chi connectivity index (χ0) is 28.0. The monoisotopic (exact) mass is 550 g/mol. The zero-order valence-corrected chi connectivity index (χ0v) is 23.9. The van der Waals surface area contributed by atoms with Gasteiger partial charge in [-0.1, -0.05) is 37.3 Å². The lowest BCUT2D eigenvalue weighted by Gasteiger charge is -2.21. The molecule has 0 aliphatic heterocycles. The number of nitrogens with one attached hydrogen (secondary N) is 1. The first-order valence-corrected chi connectivity index (χ1v) is 14.1. The molecule has 4 heterocycles. The summed E-state index contributed by atoms with van der Waals surface area (Å²) in [6.07, 6.45) is 2.26. The number of methoxy groups -OCH3 is 1. The van der Waals surface area contributed by atoms with Gasteiger partial charge >= 0.3 is 0 Å². The quantitative estimate of drug-likeness (QED) is 0.244. The fourth-order valence-corrected chi connectivity index (χ4v) is 6.44. The number of pyridine rings is 1. The lowest BCUT2D eigenvalue weighted by atomic mass is 9.95. The second kappa shape index (κ2) is 10.2. The van der Waals surface area contributed by atoms with Crippen molar-refractivity contribution in [3.8, 4) is 28.1 Å². The van der Waals surface area contributed by atoms with Crippen LogP contribution in [0.5, 0.6) is 5.75 Å². The second-order valence-corrected chi connectivity index (χ2v) is 10.7. The number of nitrogens with zero attached hydrogens (tertiary/aromatic N) is 5. The fourth-order valence-electron chi connectivity index (χ4n) is 5.51. The summed E-state index contributed by atoms with van der Waals surface area (Å²) in [5.41, 5.74) is 6.82. The first-order valence-electron chi connectivity index (χ1n) is 13.2. The van der Waals surface area contributed by atoms with Crippen molar-refractivity contribution in [1.82, 2.24) is 24.1 Å². The Morgan fingerprint density at radius 2 is 1.85 bits per heavy atom. The van der Waals surface area contributed by atoms with Crippen molar-refractivity contribution in [3.63, 3.8) is 0 Å². The predicted molar refractivity (Wildman–Crippen MR) is 162 cm³/mol. The smallest absolute Gasteiger partial charge is 0.264 e. The molecule has 6 rings (SSSR count). The first kappa shape index (κ1) is 25.8. The lowest BCUT2D eigenvalue weighted by molar-refractivity contribution is 0.412. The second-order valence-electron chi connectivity index (χ2n) is 9.77. The van der Waals surface area contributed by atoms with E-state index >= 15 is 0 Å². The molecular formula is C31H30N6O2S. The minimum Gasteiger partial charge on any atom is -0.496 e. The van der Waals surface area contributed by atoms with E-state index in [9.17, 15) is 4.79 Å². The van der Waals surface area contributed by atoms with Gasteiger partial charge in [0, 0.05) is 23.7 Å². The van der Waals surface area contributed by atoms with Gasteiger partial charge in [-0.3, -0.25) is 9.20 Å². The number of hydrogen-bond donors (Lipinski definition) is 1. The van der Waals surface area contributed by atoms with E-state index in [0.29, 0.717) is 23.4 Å². The van der Waals surface area contributed by atoms with Crippen molar-refractivity contribution in [1.29, 1.82) is 0 Å². The standard InChI is InChI=1S/C31H30N6O2S/c1-6-23(22-15-25-36(19(3)16-40-25)31(38)26(22)20-10-8-7-9-11-20)37-30-27(29(32-4)33-17-34-30)28(35-37)21-12-13-24(39-5)18(2)14-21/h7-17,23H,6H2,1-5H3,(H,32,33,34)/t23-/m0/s1. The van der Waals surface area contributed by atoms with Crippen molar-refractivity contribution in [2.24, 2.45) is 0 Å². The highest BCUT2D eigenvalue weighted by atomic mass is 32.1. The van der Waals surface area contributed by atoms with Gasteiger partial charge in [-0.15, -0.1) is 11.3 Å². The number of rotatable bonds is 7. The van der Waals surface area contributed by atoms with Crippen LogP contribution in [0.4, 0.5) is 5.82 Å². The largest absolute Gasteiger partial charge is 0.496 e. The molecular weight excluding hydrogens is 520 g/mol. The van der Waals surface area contributed by atoms with E-state index < -0.39 is 0 Å². The van der Waals surface area contributed by atoms with E-state index in [4.69, 9.17) is 14.8 Å². The summed E-state index contributed by atoms with van der Waals surface area (Å²) in [6, 6.07) is 17.8. The maximum Gasteiger partial charge on any atom is 0.264 e. The topological polar surface area (TPSA) is 86.3 Å². The van der Waals surface area contributed by atoms with Gasteiger partial charge in [-0.05, 0) is 61.2 Å². The molecule has 0 aliphatic rings. The van der Waals surface area contributed by atoms with Crippen LogP contribution < -0.4 is 15.6 Å². The van der Waals surface area contributed by atoms with Crippen LogP contribution in [0.25, 0.3) is 38.2 Å². The molecule has 4 aromatic heterocycles. The van der Waals surface area contributed by atoms with Crippen molar-refractivity contribution >= 4 is 33.0 Å². The Balaban J connectivity index is 1.66. The number of ether oxygens (including phenoxy) is 1. The Bertz CT molecular complexity index is 1920. The van der Waals surface area contributed by atoms with E-state index in [1.807, 2.05) is 73.4 Å². The maximum atomic E-state index is 14.1. The molecule has 2 aromatic carbocycles. The minimum atomic E-state index is -0.245. The Morgan fingerprint density at radius 3 is 2.55 bits per heavy atom. The predicted octanol–water partition coefficient (Wildman–Crippen LogP) is 6.50. The van der Waals surface area contributed by atoms with Gasteiger partial charge in [-0.2, -0.15) is 5.10 Å². The number of thiazole rings is 1. The molecule has 8 nitrogen and oxygen atoms in total. The van der Waals surface area contributed by atoms with Crippen molar-refractivity contribution < 1.29 is 4.74 Å². The van der Waals surface area contributed by atoms with Crippen LogP contribution in [0.15, 0.2) is 71.1 Å². The van der Waals surface area contributed by atoms with E-state index in [2.05, 4.69) is 29.4 Å². The summed E-state index contributed by atoms with van der Waals surface area (Å²) in [4.78, 5) is 24.2. The number of fused-ring (bicyclic) bond motifs is 2. The third-order valence-corrected chi connectivity index (χ3v) is 8.41. The summed E-state index contributed by atoms with van der Waals surface area (Å²) in [5, 5.41) is 11.3. The molecule has 0 amide bonds. The Labute approximate surface area is 235 Å². The summed E-state index contributed by atoms with van der Waals surface area (Å²) >= 11 is 1.57. The van der Waals surface area contributed by atoms with Gasteiger partial charge < -0.3 is 10.1 Å². The molecule has 0 aliphatic carbocycles. The third kappa shape index (κ3) is 4.05. The van der Waals surface area contributed by atoms with Crippen molar-refractivity contribution in [2.75, 3.05) is 19.5 Å². The van der Waals surface area contributed by atoms with Crippen LogP contribution in [0, 0.1) is 13.8 Å². The Kier molecular flexibility index (Phi) is 6.59. The highest BCUT2D eigenvalue weighted by Gasteiger charge is 2.27. The Hall–Kier alpha value is -4.50. The van der Waals surface area contributed by atoms with Crippen LogP contribution in [0.3, 0.4) is 0 Å². The molecule has 6 aromatic rings. The molecule has 0 radical (unpaired) electrons. The van der Waals surface area contributed by atoms with Gasteiger partial charge in [0.1, 0.15) is 28.4 Å². The average molecular weight is 551 g/mol. The van der Waals surface area contributed by atoms with Crippen LogP contribution in [0.1, 0.15) is 36.2 Å². The normalized spacial score (nSPS) is 12.2. The van der Waals surface area contributed by atoms with Crippen LogP contribution in [-0.2, 0) is 0 Å². The molecule has 0 unspecified atom stereocenters. The SMILES string of the molecule is CC[C@@H](c1cc2scc(C)n2c(=O)c1-c1ccccc1)n1nc(-c2ccc(OC)c(C)c2)c2c(NC)ncnc21. The molecule has 0 saturated carbocycles. The highest BCUT2D eigenvalue weighted by Crippen LogP contribution is 2.38. The summed E-state index contributed by atoms with van der Waals surface area (Å²) < 4.78 is 9.26. The molecule has 0 spiro atoms. The van der Waals surface area contributed by atoms with Gasteiger partial charge in [0.05, 0.1) is 24.1 Å². The van der Waals surface area contributed by atoms with E-state index in [0.717, 1.165) is 49.6 Å². The van der Waals surface area contributed by atoms with Crippen molar-refractivity contribution in [3.05, 3.63) is 93.5 Å². The van der Waals surface area contributed by atoms with Crippen molar-refractivity contribution in [2.45, 2.75) is 33.2 Å². The van der Waals surface area contributed by atoms with Gasteiger partial charge in [0.25, 0.3) is 5.56 Å². The number of hydrogen-bond acceptors (Lipinski definition) is 7. The molecule has 0 fully saturated rings. The molecule has 1 N–H and O–H groups in total. The van der Waals surface area contributed by atoms with Gasteiger partial charge in [0.2, 0.25) is 0 Å². The maximum absolute atomic E-state index is 14.1. The number of benzene rings is 2. The lowest BCUT2D eigenvalue weighted by Crippen LogP contribution is -2.22. The Morgan fingerprint density at radius 1 is 1.05 bits per heavy atom. The summed E-state index contributed by atoms with van der Waals surface area (Å²) in [5.74, 6) is 1.51. The minimum absolute atomic E-state index is 0.0242. The van der Waals surface area contributed by atoms with E-state index in [1.165, 1.54) is 0 Å². The number of anilines is 1.